The van der Waals surface area contributed by atoms with E-state index in [1.807, 2.05) is 38.1 Å². The summed E-state index contributed by atoms with van der Waals surface area (Å²) in [4.78, 5) is 22.4. The number of carboxylic acid groups (broad SMARTS) is 1. The summed E-state index contributed by atoms with van der Waals surface area (Å²) in [6.45, 7) is 4.26. The lowest BCUT2D eigenvalue weighted by atomic mass is 10.2. The normalized spacial score (nSPS) is 11.7. The molecule has 6 heteroatoms. The third-order valence-electron chi connectivity index (χ3n) is 2.80. The Balaban J connectivity index is 2.39. The van der Waals surface area contributed by atoms with E-state index in [-0.39, 0.29) is 11.7 Å². The number of para-hydroxylation sites is 1. The molecule has 0 heterocycles. The van der Waals surface area contributed by atoms with Crippen LogP contribution >= 0.6 is 11.8 Å². The number of hydrogen-bond donors (Lipinski definition) is 2. The Kier molecular flexibility index (Phi) is 7.68. The van der Waals surface area contributed by atoms with Gasteiger partial charge in [-0.15, -0.1) is 11.8 Å². The maximum Gasteiger partial charge on any atom is 0.313 e. The van der Waals surface area contributed by atoms with Crippen LogP contribution in [0.4, 0.5) is 0 Å². The molecule has 116 valence electrons. The Morgan fingerprint density at radius 2 is 2.10 bits per heavy atom. The van der Waals surface area contributed by atoms with E-state index in [0.29, 0.717) is 24.5 Å². The van der Waals surface area contributed by atoms with Crippen LogP contribution in [0.15, 0.2) is 24.3 Å². The van der Waals surface area contributed by atoms with E-state index in [0.717, 1.165) is 5.56 Å². The molecule has 0 aromatic heterocycles. The molecule has 1 aromatic carbocycles. The number of aryl methyl sites for hydroxylation is 1. The average molecular weight is 311 g/mol. The highest BCUT2D eigenvalue weighted by molar-refractivity contribution is 7.99. The van der Waals surface area contributed by atoms with Crippen molar-refractivity contribution < 1.29 is 19.4 Å². The minimum absolute atomic E-state index is 0.0484. The van der Waals surface area contributed by atoms with Crippen LogP contribution < -0.4 is 10.1 Å². The average Bonchev–Trinajstić information content (AvgIpc) is 2.45. The van der Waals surface area contributed by atoms with E-state index in [1.165, 1.54) is 11.8 Å². The molecule has 0 aliphatic rings. The molecule has 0 radical (unpaired) electrons. The van der Waals surface area contributed by atoms with Crippen molar-refractivity contribution >= 4 is 23.6 Å². The zero-order chi connectivity index (χ0) is 15.7. The molecular weight excluding hydrogens is 290 g/mol. The Morgan fingerprint density at radius 3 is 2.71 bits per heavy atom. The number of carbonyl (C=O) groups is 2. The van der Waals surface area contributed by atoms with Gasteiger partial charge in [-0.25, -0.2) is 0 Å². The SMILES string of the molecule is CCC(Oc1ccccc1C)C(=O)NCCSCC(=O)O. The zero-order valence-electron chi connectivity index (χ0n) is 12.3. The number of thioether (sulfide) groups is 1. The van der Waals surface area contributed by atoms with Gasteiger partial charge >= 0.3 is 5.97 Å². The number of amides is 1. The van der Waals surface area contributed by atoms with Crippen LogP contribution in [0.2, 0.25) is 0 Å². The number of benzene rings is 1. The number of nitrogens with one attached hydrogen (secondary N) is 1. The first-order chi connectivity index (χ1) is 10.0. The van der Waals surface area contributed by atoms with Crippen LogP contribution in [0.1, 0.15) is 18.9 Å². The van der Waals surface area contributed by atoms with Crippen LogP contribution in [0.5, 0.6) is 5.75 Å². The lowest BCUT2D eigenvalue weighted by molar-refractivity contribution is -0.134. The second kappa shape index (κ2) is 9.28. The van der Waals surface area contributed by atoms with E-state index in [9.17, 15) is 9.59 Å². The van der Waals surface area contributed by atoms with Gasteiger partial charge in [-0.1, -0.05) is 25.1 Å². The van der Waals surface area contributed by atoms with Gasteiger partial charge in [0.05, 0.1) is 5.75 Å². The fraction of sp³-hybridized carbons (Fsp3) is 0.467. The third-order valence-corrected chi connectivity index (χ3v) is 3.74. The number of carbonyl (C=O) groups excluding carboxylic acids is 1. The summed E-state index contributed by atoms with van der Waals surface area (Å²) < 4.78 is 5.74. The second-order valence-electron chi connectivity index (χ2n) is 4.52. The van der Waals surface area contributed by atoms with Gasteiger partial charge in [0.25, 0.3) is 5.91 Å². The number of carboxylic acids is 1. The van der Waals surface area contributed by atoms with Crippen molar-refractivity contribution in [1.29, 1.82) is 0 Å². The third kappa shape index (κ3) is 6.53. The quantitative estimate of drug-likeness (QED) is 0.683. The molecule has 1 rings (SSSR count). The van der Waals surface area contributed by atoms with Gasteiger partial charge in [0.15, 0.2) is 6.10 Å². The van der Waals surface area contributed by atoms with Gasteiger partial charge in [-0.2, -0.15) is 0 Å². The fourth-order valence-corrected chi connectivity index (χ4v) is 2.25. The Bertz CT molecular complexity index is 478. The van der Waals surface area contributed by atoms with Crippen molar-refractivity contribution in [3.05, 3.63) is 29.8 Å². The number of hydrogen-bond acceptors (Lipinski definition) is 4. The van der Waals surface area contributed by atoms with Crippen molar-refractivity contribution in [2.75, 3.05) is 18.1 Å². The van der Waals surface area contributed by atoms with Gasteiger partial charge in [0.2, 0.25) is 0 Å². The highest BCUT2D eigenvalue weighted by atomic mass is 32.2. The monoisotopic (exact) mass is 311 g/mol. The molecule has 1 unspecified atom stereocenters. The zero-order valence-corrected chi connectivity index (χ0v) is 13.1. The summed E-state index contributed by atoms with van der Waals surface area (Å²) in [5.74, 6) is 0.308. The lowest BCUT2D eigenvalue weighted by Crippen LogP contribution is -2.39. The first-order valence-corrected chi connectivity index (χ1v) is 7.99. The van der Waals surface area contributed by atoms with Crippen molar-refractivity contribution in [3.8, 4) is 5.75 Å². The molecular formula is C15H21NO4S. The van der Waals surface area contributed by atoms with E-state index in [2.05, 4.69) is 5.32 Å². The number of ether oxygens (including phenoxy) is 1. The minimum Gasteiger partial charge on any atom is -0.481 e. The van der Waals surface area contributed by atoms with Gasteiger partial charge in [-0.3, -0.25) is 9.59 Å². The van der Waals surface area contributed by atoms with Gasteiger partial charge in [0.1, 0.15) is 5.75 Å². The predicted octanol–water partition coefficient (Wildman–Crippen LogP) is 2.09. The van der Waals surface area contributed by atoms with Gasteiger partial charge in [0, 0.05) is 12.3 Å². The first kappa shape index (κ1) is 17.4. The maximum absolute atomic E-state index is 12.0. The first-order valence-electron chi connectivity index (χ1n) is 6.84. The highest BCUT2D eigenvalue weighted by Crippen LogP contribution is 2.18. The molecule has 0 spiro atoms. The molecule has 1 atom stereocenters. The lowest BCUT2D eigenvalue weighted by Gasteiger charge is -2.18. The largest absolute Gasteiger partial charge is 0.481 e. The number of aliphatic carboxylic acids is 1. The summed E-state index contributed by atoms with van der Waals surface area (Å²) in [7, 11) is 0. The molecule has 0 aliphatic heterocycles. The molecule has 0 saturated carbocycles. The highest BCUT2D eigenvalue weighted by Gasteiger charge is 2.18. The second-order valence-corrected chi connectivity index (χ2v) is 5.62. The number of rotatable bonds is 9. The Hall–Kier alpha value is -1.69. The van der Waals surface area contributed by atoms with Crippen molar-refractivity contribution in [2.45, 2.75) is 26.4 Å². The van der Waals surface area contributed by atoms with Gasteiger partial charge < -0.3 is 15.2 Å². The van der Waals surface area contributed by atoms with E-state index >= 15 is 0 Å². The molecule has 1 amide bonds. The topological polar surface area (TPSA) is 75.6 Å². The molecule has 0 aliphatic carbocycles. The predicted molar refractivity (Wildman–Crippen MR) is 83.9 cm³/mol. The van der Waals surface area contributed by atoms with E-state index < -0.39 is 12.1 Å². The van der Waals surface area contributed by atoms with Crippen LogP contribution in [0.3, 0.4) is 0 Å². The van der Waals surface area contributed by atoms with Crippen molar-refractivity contribution in [1.82, 2.24) is 5.32 Å². The molecule has 0 bridgehead atoms. The standard InChI is InChI=1S/C15H21NO4S/c1-3-12(20-13-7-5-4-6-11(13)2)15(19)16-8-9-21-10-14(17)18/h4-7,12H,3,8-10H2,1-2H3,(H,16,19)(H,17,18). The van der Waals surface area contributed by atoms with Crippen LogP contribution in [-0.2, 0) is 9.59 Å². The van der Waals surface area contributed by atoms with Crippen molar-refractivity contribution in [3.63, 3.8) is 0 Å². The molecule has 21 heavy (non-hydrogen) atoms. The van der Waals surface area contributed by atoms with E-state index in [4.69, 9.17) is 9.84 Å². The summed E-state index contributed by atoms with van der Waals surface area (Å²) in [6, 6.07) is 7.56. The summed E-state index contributed by atoms with van der Waals surface area (Å²) in [6.07, 6.45) is 0.0400. The molecule has 2 N–H and O–H groups in total. The molecule has 1 aromatic rings. The Labute approximate surface area is 129 Å². The van der Waals surface area contributed by atoms with Crippen LogP contribution in [-0.4, -0.2) is 41.1 Å². The van der Waals surface area contributed by atoms with Crippen molar-refractivity contribution in [2.24, 2.45) is 0 Å². The smallest absolute Gasteiger partial charge is 0.313 e. The minimum atomic E-state index is -0.847. The molecule has 0 fully saturated rings. The maximum atomic E-state index is 12.0. The molecule has 5 nitrogen and oxygen atoms in total. The van der Waals surface area contributed by atoms with Crippen LogP contribution in [0.25, 0.3) is 0 Å². The van der Waals surface area contributed by atoms with Crippen LogP contribution in [0, 0.1) is 6.92 Å². The fourth-order valence-electron chi connectivity index (χ4n) is 1.68. The van der Waals surface area contributed by atoms with E-state index in [1.54, 1.807) is 0 Å². The van der Waals surface area contributed by atoms with Gasteiger partial charge in [-0.05, 0) is 25.0 Å². The summed E-state index contributed by atoms with van der Waals surface area (Å²) in [5, 5.41) is 11.3. The Morgan fingerprint density at radius 1 is 1.38 bits per heavy atom. The summed E-state index contributed by atoms with van der Waals surface area (Å²) in [5.41, 5.74) is 0.987. The summed E-state index contributed by atoms with van der Waals surface area (Å²) >= 11 is 1.27. The molecule has 0 saturated heterocycles.